The molecule has 2 rings (SSSR count). The minimum atomic E-state index is -0.688. The van der Waals surface area contributed by atoms with E-state index in [1.165, 1.54) is 18.2 Å². The SMILES string of the molecule is CCC(NC(=S)Nc1c(F)cccc1F)c1ccc(OC)cc1. The molecule has 0 heterocycles. The minimum Gasteiger partial charge on any atom is -0.497 e. The van der Waals surface area contributed by atoms with Gasteiger partial charge >= 0.3 is 0 Å². The van der Waals surface area contributed by atoms with Gasteiger partial charge in [-0.2, -0.15) is 0 Å². The van der Waals surface area contributed by atoms with E-state index in [1.807, 2.05) is 31.2 Å². The van der Waals surface area contributed by atoms with Crippen LogP contribution in [0.5, 0.6) is 5.75 Å². The summed E-state index contributed by atoms with van der Waals surface area (Å²) in [6.07, 6.45) is 0.758. The van der Waals surface area contributed by atoms with Gasteiger partial charge in [0.05, 0.1) is 13.2 Å². The van der Waals surface area contributed by atoms with E-state index >= 15 is 0 Å². The third-order valence-corrected chi connectivity index (χ3v) is 3.65. The Bertz CT molecular complexity index is 657. The van der Waals surface area contributed by atoms with Crippen LogP contribution in [-0.2, 0) is 0 Å². The quantitative estimate of drug-likeness (QED) is 0.793. The van der Waals surface area contributed by atoms with Crippen LogP contribution < -0.4 is 15.4 Å². The number of halogens is 2. The number of ether oxygens (including phenoxy) is 1. The fraction of sp³-hybridized carbons (Fsp3) is 0.235. The monoisotopic (exact) mass is 336 g/mol. The molecule has 0 radical (unpaired) electrons. The second-order valence-electron chi connectivity index (χ2n) is 4.93. The predicted octanol–water partition coefficient (Wildman–Crippen LogP) is 4.41. The van der Waals surface area contributed by atoms with Crippen LogP contribution in [0.25, 0.3) is 0 Å². The number of hydrogen-bond acceptors (Lipinski definition) is 2. The van der Waals surface area contributed by atoms with Crippen molar-refractivity contribution in [3.05, 3.63) is 59.7 Å². The van der Waals surface area contributed by atoms with Crippen LogP contribution in [0.3, 0.4) is 0 Å². The predicted molar refractivity (Wildman–Crippen MR) is 91.7 cm³/mol. The van der Waals surface area contributed by atoms with Crippen LogP contribution in [0.4, 0.5) is 14.5 Å². The molecule has 122 valence electrons. The van der Waals surface area contributed by atoms with Crippen molar-refractivity contribution < 1.29 is 13.5 Å². The highest BCUT2D eigenvalue weighted by atomic mass is 32.1. The molecule has 1 atom stereocenters. The first-order valence-corrected chi connectivity index (χ1v) is 7.61. The zero-order valence-corrected chi connectivity index (χ0v) is 13.7. The van der Waals surface area contributed by atoms with E-state index in [2.05, 4.69) is 10.6 Å². The zero-order valence-electron chi connectivity index (χ0n) is 12.9. The van der Waals surface area contributed by atoms with Crippen molar-refractivity contribution in [3.8, 4) is 5.75 Å². The third-order valence-electron chi connectivity index (χ3n) is 3.43. The molecule has 0 fully saturated rings. The summed E-state index contributed by atoms with van der Waals surface area (Å²) in [4.78, 5) is 0. The summed E-state index contributed by atoms with van der Waals surface area (Å²) >= 11 is 5.17. The van der Waals surface area contributed by atoms with E-state index in [-0.39, 0.29) is 16.8 Å². The number of methoxy groups -OCH3 is 1. The van der Waals surface area contributed by atoms with Crippen LogP contribution in [0.15, 0.2) is 42.5 Å². The van der Waals surface area contributed by atoms with Crippen LogP contribution >= 0.6 is 12.2 Å². The van der Waals surface area contributed by atoms with Crippen LogP contribution in [-0.4, -0.2) is 12.2 Å². The molecule has 0 spiro atoms. The molecule has 23 heavy (non-hydrogen) atoms. The van der Waals surface area contributed by atoms with Gasteiger partial charge in [0, 0.05) is 0 Å². The Labute approximate surface area is 139 Å². The second-order valence-corrected chi connectivity index (χ2v) is 5.34. The van der Waals surface area contributed by atoms with Crippen molar-refractivity contribution >= 4 is 23.0 Å². The van der Waals surface area contributed by atoms with E-state index in [0.717, 1.165) is 17.7 Å². The van der Waals surface area contributed by atoms with Gasteiger partial charge < -0.3 is 15.4 Å². The van der Waals surface area contributed by atoms with Crippen molar-refractivity contribution in [2.24, 2.45) is 0 Å². The number of benzene rings is 2. The summed E-state index contributed by atoms with van der Waals surface area (Å²) in [7, 11) is 1.60. The number of para-hydroxylation sites is 1. The molecule has 2 aromatic carbocycles. The molecule has 0 saturated heterocycles. The largest absolute Gasteiger partial charge is 0.497 e. The fourth-order valence-electron chi connectivity index (χ4n) is 2.18. The first kappa shape index (κ1) is 17.1. The average molecular weight is 336 g/mol. The maximum Gasteiger partial charge on any atom is 0.171 e. The topological polar surface area (TPSA) is 33.3 Å². The lowest BCUT2D eigenvalue weighted by Crippen LogP contribution is -2.32. The molecule has 1 unspecified atom stereocenters. The Morgan fingerprint density at radius 2 is 1.74 bits per heavy atom. The Morgan fingerprint density at radius 1 is 1.13 bits per heavy atom. The Hall–Kier alpha value is -2.21. The summed E-state index contributed by atoms with van der Waals surface area (Å²) in [5.74, 6) is -0.615. The lowest BCUT2D eigenvalue weighted by molar-refractivity contribution is 0.414. The van der Waals surface area contributed by atoms with Gasteiger partial charge in [-0.1, -0.05) is 25.1 Å². The van der Waals surface area contributed by atoms with E-state index in [4.69, 9.17) is 17.0 Å². The average Bonchev–Trinajstić information content (AvgIpc) is 2.56. The molecule has 0 aliphatic rings. The highest BCUT2D eigenvalue weighted by Crippen LogP contribution is 2.21. The molecule has 0 aromatic heterocycles. The van der Waals surface area contributed by atoms with E-state index in [9.17, 15) is 8.78 Å². The molecule has 6 heteroatoms. The summed E-state index contributed by atoms with van der Waals surface area (Å²) in [6, 6.07) is 11.1. The van der Waals surface area contributed by atoms with Crippen molar-refractivity contribution in [2.45, 2.75) is 19.4 Å². The first-order chi connectivity index (χ1) is 11.0. The summed E-state index contributed by atoms with van der Waals surface area (Å²) in [6.45, 7) is 1.99. The molecule has 2 N–H and O–H groups in total. The molecule has 0 saturated carbocycles. The molecule has 3 nitrogen and oxygen atoms in total. The Kier molecular flexibility index (Phi) is 5.87. The number of hydrogen-bond donors (Lipinski definition) is 2. The number of nitrogens with one attached hydrogen (secondary N) is 2. The summed E-state index contributed by atoms with van der Waals surface area (Å²) < 4.78 is 32.4. The van der Waals surface area contributed by atoms with Crippen LogP contribution in [0.2, 0.25) is 0 Å². The van der Waals surface area contributed by atoms with Gasteiger partial charge in [0.2, 0.25) is 0 Å². The van der Waals surface area contributed by atoms with Crippen LogP contribution in [0.1, 0.15) is 24.9 Å². The molecular formula is C17H18F2N2OS. The van der Waals surface area contributed by atoms with Gasteiger partial charge in [0.25, 0.3) is 0 Å². The van der Waals surface area contributed by atoms with Gasteiger partial charge in [0.15, 0.2) is 5.11 Å². The van der Waals surface area contributed by atoms with Crippen molar-refractivity contribution in [1.82, 2.24) is 5.32 Å². The van der Waals surface area contributed by atoms with E-state index in [0.29, 0.717) is 0 Å². The summed E-state index contributed by atoms with van der Waals surface area (Å²) in [5, 5.41) is 5.81. The maximum atomic E-state index is 13.6. The molecular weight excluding hydrogens is 318 g/mol. The Balaban J connectivity index is 2.07. The molecule has 0 aliphatic carbocycles. The lowest BCUT2D eigenvalue weighted by atomic mass is 10.0. The molecule has 2 aromatic rings. The van der Waals surface area contributed by atoms with Gasteiger partial charge in [-0.25, -0.2) is 8.78 Å². The van der Waals surface area contributed by atoms with Gasteiger partial charge in [-0.05, 0) is 48.5 Å². The van der Waals surface area contributed by atoms with E-state index in [1.54, 1.807) is 7.11 Å². The van der Waals surface area contributed by atoms with E-state index < -0.39 is 11.6 Å². The van der Waals surface area contributed by atoms with Gasteiger partial charge in [0.1, 0.15) is 23.1 Å². The van der Waals surface area contributed by atoms with Crippen molar-refractivity contribution in [2.75, 3.05) is 12.4 Å². The lowest BCUT2D eigenvalue weighted by Gasteiger charge is -2.20. The maximum absolute atomic E-state index is 13.6. The molecule has 0 aliphatic heterocycles. The minimum absolute atomic E-state index is 0.0734. The van der Waals surface area contributed by atoms with Crippen molar-refractivity contribution in [3.63, 3.8) is 0 Å². The fourth-order valence-corrected chi connectivity index (χ4v) is 2.43. The number of rotatable bonds is 5. The highest BCUT2D eigenvalue weighted by molar-refractivity contribution is 7.80. The zero-order chi connectivity index (χ0) is 16.8. The highest BCUT2D eigenvalue weighted by Gasteiger charge is 2.14. The standard InChI is InChI=1S/C17H18F2N2OS/c1-3-15(11-7-9-12(22-2)10-8-11)20-17(23)21-16-13(18)5-4-6-14(16)19/h4-10,15H,3H2,1-2H3,(H2,20,21,23). The first-order valence-electron chi connectivity index (χ1n) is 7.20. The smallest absolute Gasteiger partial charge is 0.171 e. The number of anilines is 1. The normalized spacial score (nSPS) is 11.7. The van der Waals surface area contributed by atoms with Gasteiger partial charge in [-0.3, -0.25) is 0 Å². The second kappa shape index (κ2) is 7.87. The third kappa shape index (κ3) is 4.39. The Morgan fingerprint density at radius 3 is 2.26 bits per heavy atom. The van der Waals surface area contributed by atoms with Gasteiger partial charge in [-0.15, -0.1) is 0 Å². The van der Waals surface area contributed by atoms with Crippen LogP contribution in [0, 0.1) is 11.6 Å². The van der Waals surface area contributed by atoms with Crippen molar-refractivity contribution in [1.29, 1.82) is 0 Å². The number of thiocarbonyl (C=S) groups is 1. The molecule has 0 amide bonds. The molecule has 0 bridgehead atoms. The summed E-state index contributed by atoms with van der Waals surface area (Å²) in [5.41, 5.74) is 0.751.